The van der Waals surface area contributed by atoms with Gasteiger partial charge in [0.2, 0.25) is 5.91 Å². The zero-order chi connectivity index (χ0) is 24.4. The number of alkyl carbamates (subject to hydrolysis) is 1. The number of carboxylic acids is 1. The molecule has 7 heteroatoms. The Labute approximate surface area is 205 Å². The maximum atomic E-state index is 12.8. The summed E-state index contributed by atoms with van der Waals surface area (Å²) in [6.07, 6.45) is 4.54. The Morgan fingerprint density at radius 3 is 2.14 bits per heavy atom. The molecule has 3 N–H and O–H groups in total. The van der Waals surface area contributed by atoms with Gasteiger partial charge in [-0.05, 0) is 53.9 Å². The summed E-state index contributed by atoms with van der Waals surface area (Å²) in [6, 6.07) is 16.1. The van der Waals surface area contributed by atoms with Crippen LogP contribution in [0.4, 0.5) is 4.79 Å². The summed E-state index contributed by atoms with van der Waals surface area (Å²) in [4.78, 5) is 37.1. The van der Waals surface area contributed by atoms with Crippen molar-refractivity contribution in [2.45, 2.75) is 50.5 Å². The molecule has 7 nitrogen and oxygen atoms in total. The van der Waals surface area contributed by atoms with E-state index in [4.69, 9.17) is 4.74 Å². The monoisotopic (exact) mass is 476 g/mol. The highest BCUT2D eigenvalue weighted by molar-refractivity contribution is 5.82. The largest absolute Gasteiger partial charge is 0.481 e. The Morgan fingerprint density at radius 2 is 1.54 bits per heavy atom. The molecule has 0 aliphatic heterocycles. The van der Waals surface area contributed by atoms with E-state index in [9.17, 15) is 19.5 Å². The third kappa shape index (κ3) is 4.77. The van der Waals surface area contributed by atoms with Crippen molar-refractivity contribution in [3.63, 3.8) is 0 Å². The molecule has 5 rings (SSSR count). The second-order valence-corrected chi connectivity index (χ2v) is 9.99. The Hall–Kier alpha value is -3.35. The van der Waals surface area contributed by atoms with E-state index in [1.54, 1.807) is 0 Å². The van der Waals surface area contributed by atoms with Crippen LogP contribution in [-0.2, 0) is 14.3 Å². The molecule has 1 unspecified atom stereocenters. The highest BCUT2D eigenvalue weighted by Gasteiger charge is 2.37. The third-order valence-electron chi connectivity index (χ3n) is 8.03. The smallest absolute Gasteiger partial charge is 0.407 e. The van der Waals surface area contributed by atoms with Gasteiger partial charge in [0.25, 0.3) is 0 Å². The van der Waals surface area contributed by atoms with Crippen molar-refractivity contribution in [1.29, 1.82) is 0 Å². The van der Waals surface area contributed by atoms with E-state index < -0.39 is 18.0 Å². The standard InChI is InChI=1S/C28H32N2O5/c31-26(29-15-23(27(32)33)17-7-5-8-17)22-13-6-14-25(22)30-28(34)35-16-24-20-11-3-1-9-18(20)19-10-2-4-12-21(19)24/h1-4,9-12,17,22-25H,5-8,13-16H2,(H,29,31)(H,30,34)(H,32,33)/t22-,23?,25+/m0/s1. The molecule has 35 heavy (non-hydrogen) atoms. The van der Waals surface area contributed by atoms with Crippen molar-refractivity contribution in [3.05, 3.63) is 59.7 Å². The van der Waals surface area contributed by atoms with Gasteiger partial charge in [-0.25, -0.2) is 4.79 Å². The lowest BCUT2D eigenvalue weighted by Gasteiger charge is -2.31. The van der Waals surface area contributed by atoms with Gasteiger partial charge < -0.3 is 20.5 Å². The van der Waals surface area contributed by atoms with Crippen molar-refractivity contribution in [2.24, 2.45) is 17.8 Å². The lowest BCUT2D eigenvalue weighted by Crippen LogP contribution is -2.46. The van der Waals surface area contributed by atoms with E-state index in [-0.39, 0.29) is 42.9 Å². The zero-order valence-electron chi connectivity index (χ0n) is 19.7. The van der Waals surface area contributed by atoms with Crippen LogP contribution >= 0.6 is 0 Å². The molecule has 0 radical (unpaired) electrons. The predicted molar refractivity (Wildman–Crippen MR) is 131 cm³/mol. The van der Waals surface area contributed by atoms with Gasteiger partial charge in [-0.2, -0.15) is 0 Å². The van der Waals surface area contributed by atoms with Crippen LogP contribution < -0.4 is 10.6 Å². The van der Waals surface area contributed by atoms with Crippen LogP contribution in [0.2, 0.25) is 0 Å². The van der Waals surface area contributed by atoms with Crippen molar-refractivity contribution in [2.75, 3.05) is 13.2 Å². The highest BCUT2D eigenvalue weighted by atomic mass is 16.5. The first kappa shape index (κ1) is 23.4. The van der Waals surface area contributed by atoms with Gasteiger partial charge in [0.05, 0.1) is 11.8 Å². The highest BCUT2D eigenvalue weighted by Crippen LogP contribution is 2.44. The molecule has 2 saturated carbocycles. The summed E-state index contributed by atoms with van der Waals surface area (Å²) in [7, 11) is 0. The molecular formula is C28H32N2O5. The van der Waals surface area contributed by atoms with E-state index in [1.165, 1.54) is 11.1 Å². The fourth-order valence-corrected chi connectivity index (χ4v) is 5.88. The molecule has 3 atom stereocenters. The van der Waals surface area contributed by atoms with Gasteiger partial charge in [-0.1, -0.05) is 61.4 Å². The first-order valence-corrected chi connectivity index (χ1v) is 12.6. The second-order valence-electron chi connectivity index (χ2n) is 9.99. The molecule has 184 valence electrons. The maximum Gasteiger partial charge on any atom is 0.407 e. The second kappa shape index (κ2) is 10.1. The minimum atomic E-state index is -0.852. The molecular weight excluding hydrogens is 444 g/mol. The van der Waals surface area contributed by atoms with E-state index in [0.717, 1.165) is 36.8 Å². The Morgan fingerprint density at radius 1 is 0.914 bits per heavy atom. The van der Waals surface area contributed by atoms with Crippen LogP contribution in [0.1, 0.15) is 55.6 Å². The minimum Gasteiger partial charge on any atom is -0.481 e. The number of nitrogens with one attached hydrogen (secondary N) is 2. The van der Waals surface area contributed by atoms with Gasteiger partial charge in [0.1, 0.15) is 6.61 Å². The molecule has 2 amide bonds. The fraction of sp³-hybridized carbons (Fsp3) is 0.464. The predicted octanol–water partition coefficient (Wildman–Crippen LogP) is 4.31. The van der Waals surface area contributed by atoms with Crippen LogP contribution in [0.15, 0.2) is 48.5 Å². The zero-order valence-corrected chi connectivity index (χ0v) is 19.7. The van der Waals surface area contributed by atoms with Crippen molar-refractivity contribution >= 4 is 18.0 Å². The van der Waals surface area contributed by atoms with Gasteiger partial charge >= 0.3 is 12.1 Å². The molecule has 3 aliphatic carbocycles. The lowest BCUT2D eigenvalue weighted by molar-refractivity contribution is -0.145. The van der Waals surface area contributed by atoms with Gasteiger partial charge in [0.15, 0.2) is 0 Å². The summed E-state index contributed by atoms with van der Waals surface area (Å²) < 4.78 is 5.65. The summed E-state index contributed by atoms with van der Waals surface area (Å²) in [6.45, 7) is 0.373. The third-order valence-corrected chi connectivity index (χ3v) is 8.03. The number of carbonyl (C=O) groups is 3. The minimum absolute atomic E-state index is 0.0183. The van der Waals surface area contributed by atoms with Crippen molar-refractivity contribution < 1.29 is 24.2 Å². The first-order chi connectivity index (χ1) is 17.0. The van der Waals surface area contributed by atoms with Crippen LogP contribution in [0, 0.1) is 17.8 Å². The molecule has 2 aromatic carbocycles. The molecule has 3 aliphatic rings. The fourth-order valence-electron chi connectivity index (χ4n) is 5.88. The summed E-state index contributed by atoms with van der Waals surface area (Å²) in [5.74, 6) is -1.82. The van der Waals surface area contributed by atoms with E-state index >= 15 is 0 Å². The molecule has 2 aromatic rings. The Bertz CT molecular complexity index is 1070. The van der Waals surface area contributed by atoms with Gasteiger partial charge in [-0.15, -0.1) is 0 Å². The average Bonchev–Trinajstić information content (AvgIpc) is 3.41. The van der Waals surface area contributed by atoms with Crippen LogP contribution in [0.3, 0.4) is 0 Å². The molecule has 0 heterocycles. The van der Waals surface area contributed by atoms with E-state index in [1.807, 2.05) is 24.3 Å². The number of carbonyl (C=O) groups excluding carboxylic acids is 2. The summed E-state index contributed by atoms with van der Waals surface area (Å²) in [5.41, 5.74) is 4.65. The van der Waals surface area contributed by atoms with Gasteiger partial charge in [-0.3, -0.25) is 9.59 Å². The van der Waals surface area contributed by atoms with E-state index in [0.29, 0.717) is 12.8 Å². The lowest BCUT2D eigenvalue weighted by atomic mass is 9.76. The molecule has 0 spiro atoms. The van der Waals surface area contributed by atoms with Crippen molar-refractivity contribution in [1.82, 2.24) is 10.6 Å². The van der Waals surface area contributed by atoms with E-state index in [2.05, 4.69) is 34.9 Å². The number of hydrogen-bond donors (Lipinski definition) is 3. The number of fused-ring (bicyclic) bond motifs is 3. The first-order valence-electron chi connectivity index (χ1n) is 12.6. The van der Waals surface area contributed by atoms with Crippen LogP contribution in [0.5, 0.6) is 0 Å². The summed E-state index contributed by atoms with van der Waals surface area (Å²) in [5, 5.41) is 15.2. The molecule has 0 aromatic heterocycles. The summed E-state index contributed by atoms with van der Waals surface area (Å²) >= 11 is 0. The topological polar surface area (TPSA) is 105 Å². The molecule has 2 fully saturated rings. The number of carboxylic acid groups (broad SMARTS) is 1. The van der Waals surface area contributed by atoms with Crippen molar-refractivity contribution in [3.8, 4) is 11.1 Å². The SMILES string of the molecule is O=C(N[C@@H]1CCC[C@@H]1C(=O)NCC(C(=O)O)C1CCC1)OCC1c2ccccc2-c2ccccc21. The average molecular weight is 477 g/mol. The Kier molecular flexibility index (Phi) is 6.75. The number of rotatable bonds is 8. The maximum absolute atomic E-state index is 12.8. The van der Waals surface area contributed by atoms with Crippen LogP contribution in [-0.4, -0.2) is 42.3 Å². The van der Waals surface area contributed by atoms with Gasteiger partial charge in [0, 0.05) is 18.5 Å². The molecule has 0 bridgehead atoms. The number of hydrogen-bond acceptors (Lipinski definition) is 4. The quantitative estimate of drug-likeness (QED) is 0.527. The normalized spacial score (nSPS) is 21.9. The number of benzene rings is 2. The number of ether oxygens (including phenoxy) is 1. The van der Waals surface area contributed by atoms with Crippen LogP contribution in [0.25, 0.3) is 11.1 Å². The number of amides is 2. The number of aliphatic carboxylic acids is 1. The molecule has 0 saturated heterocycles. The Balaban J connectivity index is 1.16.